The van der Waals surface area contributed by atoms with E-state index in [1.807, 2.05) is 18.2 Å². The molecule has 0 saturated carbocycles. The van der Waals surface area contributed by atoms with Gasteiger partial charge in [0.25, 0.3) is 0 Å². The Balaban J connectivity index is 1.74. The van der Waals surface area contributed by atoms with Crippen molar-refractivity contribution in [3.05, 3.63) is 62.7 Å². The molecule has 1 aromatic heterocycles. The van der Waals surface area contributed by atoms with Crippen molar-refractivity contribution in [2.24, 2.45) is 5.10 Å². The molecule has 26 heavy (non-hydrogen) atoms. The van der Waals surface area contributed by atoms with Crippen molar-refractivity contribution in [3.8, 4) is 11.8 Å². The third kappa shape index (κ3) is 4.31. The van der Waals surface area contributed by atoms with Gasteiger partial charge >= 0.3 is 5.91 Å². The van der Waals surface area contributed by atoms with Crippen LogP contribution in [0.1, 0.15) is 16.1 Å². The van der Waals surface area contributed by atoms with Crippen LogP contribution in [0.4, 0.5) is 0 Å². The van der Waals surface area contributed by atoms with E-state index in [-0.39, 0.29) is 12.4 Å². The van der Waals surface area contributed by atoms with Crippen LogP contribution >= 0.6 is 31.9 Å². The number of carbonyl (C=O) groups is 1. The highest BCUT2D eigenvalue weighted by Crippen LogP contribution is 2.24. The van der Waals surface area contributed by atoms with Gasteiger partial charge in [0.05, 0.1) is 6.21 Å². The molecule has 3 aromatic rings. The largest absolute Gasteiger partial charge is 0.478 e. The molecule has 6 nitrogen and oxygen atoms in total. The molecule has 0 aliphatic carbocycles. The van der Waals surface area contributed by atoms with Crippen LogP contribution < -0.4 is 10.2 Å². The zero-order chi connectivity index (χ0) is 18.5. The number of nitrogens with zero attached hydrogens (tertiary/aromatic N) is 2. The summed E-state index contributed by atoms with van der Waals surface area (Å²) in [6, 6.07) is 14.3. The molecule has 1 amide bonds. The first-order chi connectivity index (χ1) is 12.6. The maximum Gasteiger partial charge on any atom is 0.307 e. The van der Waals surface area contributed by atoms with Gasteiger partial charge in [-0.05, 0) is 42.5 Å². The number of rotatable bonds is 5. The van der Waals surface area contributed by atoms with E-state index in [2.05, 4.69) is 42.4 Å². The predicted octanol–water partition coefficient (Wildman–Crippen LogP) is 4.62. The number of hydrogen-bond acceptors (Lipinski definition) is 5. The van der Waals surface area contributed by atoms with Crippen molar-refractivity contribution in [2.45, 2.75) is 0 Å². The van der Waals surface area contributed by atoms with Crippen molar-refractivity contribution >= 4 is 55.0 Å². The fourth-order valence-electron chi connectivity index (χ4n) is 2.20. The van der Waals surface area contributed by atoms with E-state index in [1.54, 1.807) is 30.3 Å². The zero-order valence-electron chi connectivity index (χ0n) is 13.2. The Morgan fingerprint density at radius 1 is 1.23 bits per heavy atom. The fraction of sp³-hybridized carbons (Fsp3) is 0.0556. The number of carbonyl (C=O) groups excluding carboxylic acids is 1. The summed E-state index contributed by atoms with van der Waals surface area (Å²) in [6.07, 6.45) is 1.44. The molecule has 0 radical (unpaired) electrons. The van der Waals surface area contributed by atoms with Crippen LogP contribution in [-0.4, -0.2) is 18.7 Å². The Morgan fingerprint density at radius 2 is 2.00 bits per heavy atom. The smallest absolute Gasteiger partial charge is 0.307 e. The number of hydrazone groups is 1. The molecule has 0 aliphatic heterocycles. The highest BCUT2D eigenvalue weighted by Gasteiger charge is 2.12. The molecular weight excluding hydrogens is 466 g/mol. The zero-order valence-corrected chi connectivity index (χ0v) is 16.4. The molecule has 0 fully saturated rings. The molecule has 0 unspecified atom stereocenters. The minimum absolute atomic E-state index is 0.0800. The molecule has 2 aromatic carbocycles. The first-order valence-electron chi connectivity index (χ1n) is 7.38. The number of benzene rings is 2. The van der Waals surface area contributed by atoms with Gasteiger partial charge in [0.2, 0.25) is 0 Å². The van der Waals surface area contributed by atoms with E-state index >= 15 is 0 Å². The summed E-state index contributed by atoms with van der Waals surface area (Å²) < 4.78 is 12.5. The van der Waals surface area contributed by atoms with Crippen LogP contribution in [0.25, 0.3) is 11.0 Å². The maximum absolute atomic E-state index is 12.2. The normalized spacial score (nSPS) is 10.8. The standard InChI is InChI=1S/C18H11Br2N3O3/c19-13-2-4-16-11(7-13)9-17(26-16)18(24)23-22-10-12-8-14(20)1-3-15(12)25-6-5-21/h1-4,7-10H,6H2,(H,23,24)/b22-10+. The first-order valence-corrected chi connectivity index (χ1v) is 8.97. The van der Waals surface area contributed by atoms with Gasteiger partial charge < -0.3 is 9.15 Å². The number of nitriles is 1. The lowest BCUT2D eigenvalue weighted by Gasteiger charge is -2.06. The van der Waals surface area contributed by atoms with Gasteiger partial charge in [0, 0.05) is 19.9 Å². The molecule has 0 saturated heterocycles. The molecule has 0 spiro atoms. The minimum Gasteiger partial charge on any atom is -0.478 e. The van der Waals surface area contributed by atoms with Gasteiger partial charge in [0.1, 0.15) is 17.4 Å². The molecule has 0 aliphatic rings. The lowest BCUT2D eigenvalue weighted by Crippen LogP contribution is -2.16. The van der Waals surface area contributed by atoms with Crippen LogP contribution in [0.2, 0.25) is 0 Å². The summed E-state index contributed by atoms with van der Waals surface area (Å²) >= 11 is 6.73. The van der Waals surface area contributed by atoms with Gasteiger partial charge in [-0.1, -0.05) is 31.9 Å². The topological polar surface area (TPSA) is 87.6 Å². The van der Waals surface area contributed by atoms with Crippen molar-refractivity contribution in [2.75, 3.05) is 6.61 Å². The summed E-state index contributed by atoms with van der Waals surface area (Å²) in [5, 5.41) is 13.4. The Bertz CT molecular complexity index is 1040. The highest BCUT2D eigenvalue weighted by atomic mass is 79.9. The number of nitrogens with one attached hydrogen (secondary N) is 1. The number of ether oxygens (including phenoxy) is 1. The summed E-state index contributed by atoms with van der Waals surface area (Å²) in [7, 11) is 0. The molecule has 130 valence electrons. The monoisotopic (exact) mass is 475 g/mol. The molecule has 8 heteroatoms. The third-order valence-corrected chi connectivity index (χ3v) is 4.32. The second kappa shape index (κ2) is 8.17. The van der Waals surface area contributed by atoms with Crippen LogP contribution in [-0.2, 0) is 0 Å². The van der Waals surface area contributed by atoms with Crippen molar-refractivity contribution in [1.29, 1.82) is 5.26 Å². The van der Waals surface area contributed by atoms with Crippen LogP contribution in [0.15, 0.2) is 60.9 Å². The van der Waals surface area contributed by atoms with Crippen molar-refractivity contribution < 1.29 is 13.9 Å². The SMILES string of the molecule is N#CCOc1ccc(Br)cc1/C=N/NC(=O)c1cc2cc(Br)ccc2o1. The van der Waals surface area contributed by atoms with Gasteiger partial charge in [-0.3, -0.25) is 4.79 Å². The fourth-order valence-corrected chi connectivity index (χ4v) is 2.96. The van der Waals surface area contributed by atoms with Gasteiger partial charge in [0.15, 0.2) is 12.4 Å². The predicted molar refractivity (Wildman–Crippen MR) is 104 cm³/mol. The van der Waals surface area contributed by atoms with Crippen LogP contribution in [0, 0.1) is 11.3 Å². The van der Waals surface area contributed by atoms with Gasteiger partial charge in [-0.2, -0.15) is 10.4 Å². The van der Waals surface area contributed by atoms with E-state index < -0.39 is 5.91 Å². The van der Waals surface area contributed by atoms with E-state index in [9.17, 15) is 4.79 Å². The molecule has 1 heterocycles. The lowest BCUT2D eigenvalue weighted by molar-refractivity contribution is 0.0929. The van der Waals surface area contributed by atoms with E-state index in [0.29, 0.717) is 16.9 Å². The Morgan fingerprint density at radius 3 is 2.81 bits per heavy atom. The minimum atomic E-state index is -0.469. The highest BCUT2D eigenvalue weighted by molar-refractivity contribution is 9.10. The van der Waals surface area contributed by atoms with Crippen molar-refractivity contribution in [1.82, 2.24) is 5.43 Å². The molecule has 1 N–H and O–H groups in total. The Labute approximate surface area is 165 Å². The number of halogens is 2. The molecule has 0 atom stereocenters. The van der Waals surface area contributed by atoms with Gasteiger partial charge in [-0.15, -0.1) is 0 Å². The maximum atomic E-state index is 12.2. The van der Waals surface area contributed by atoms with Crippen molar-refractivity contribution in [3.63, 3.8) is 0 Å². The summed E-state index contributed by atoms with van der Waals surface area (Å²) in [4.78, 5) is 12.2. The van der Waals surface area contributed by atoms with Crippen LogP contribution in [0.3, 0.4) is 0 Å². The Kier molecular flexibility index (Phi) is 5.71. The van der Waals surface area contributed by atoms with E-state index in [4.69, 9.17) is 14.4 Å². The van der Waals surface area contributed by atoms with E-state index in [0.717, 1.165) is 14.3 Å². The average Bonchev–Trinajstić information content (AvgIpc) is 3.04. The summed E-state index contributed by atoms with van der Waals surface area (Å²) in [5.41, 5.74) is 3.64. The second-order valence-corrected chi connectivity index (χ2v) is 6.95. The van der Waals surface area contributed by atoms with E-state index in [1.165, 1.54) is 6.21 Å². The molecular formula is C18H11Br2N3O3. The third-order valence-electron chi connectivity index (χ3n) is 3.34. The summed E-state index contributed by atoms with van der Waals surface area (Å²) in [5.74, 6) is 0.176. The number of fused-ring (bicyclic) bond motifs is 1. The summed E-state index contributed by atoms with van der Waals surface area (Å²) in [6.45, 7) is -0.0800. The first kappa shape index (κ1) is 18.2. The number of furan rings is 1. The van der Waals surface area contributed by atoms with Gasteiger partial charge in [-0.25, -0.2) is 5.43 Å². The average molecular weight is 477 g/mol. The van der Waals surface area contributed by atoms with Crippen LogP contribution in [0.5, 0.6) is 5.75 Å². The molecule has 0 bridgehead atoms. The quantitative estimate of drug-likeness (QED) is 0.429. The lowest BCUT2D eigenvalue weighted by atomic mass is 10.2. The molecule has 3 rings (SSSR count). The number of hydrogen-bond donors (Lipinski definition) is 1. The Hall–Kier alpha value is -2.63. The number of amides is 1. The second-order valence-electron chi connectivity index (χ2n) is 5.12.